The van der Waals surface area contributed by atoms with Gasteiger partial charge in [-0.3, -0.25) is 0 Å². The van der Waals surface area contributed by atoms with Crippen LogP contribution in [0, 0.1) is 0 Å². The lowest BCUT2D eigenvalue weighted by Gasteiger charge is -2.30. The Morgan fingerprint density at radius 1 is 1.50 bits per heavy atom. The number of rotatable bonds is 3. The van der Waals surface area contributed by atoms with Gasteiger partial charge in [-0.1, -0.05) is 0 Å². The van der Waals surface area contributed by atoms with Crippen molar-refractivity contribution in [3.8, 4) is 0 Å². The fraction of sp³-hybridized carbons (Fsp3) is 0.643. The molecule has 1 unspecified atom stereocenters. The molecule has 0 radical (unpaired) electrons. The Kier molecular flexibility index (Phi) is 4.28. The number of halogens is 1. The van der Waals surface area contributed by atoms with E-state index in [9.17, 15) is 0 Å². The van der Waals surface area contributed by atoms with Crippen molar-refractivity contribution in [2.24, 2.45) is 0 Å². The van der Waals surface area contributed by atoms with E-state index in [1.807, 2.05) is 12.3 Å². The largest absolute Gasteiger partial charge is 0.351 e. The average molecular weight is 312 g/mol. The molecule has 1 saturated heterocycles. The summed E-state index contributed by atoms with van der Waals surface area (Å²) < 4.78 is 1.09. The van der Waals surface area contributed by atoms with Gasteiger partial charge in [0.1, 0.15) is 5.82 Å². The van der Waals surface area contributed by atoms with E-state index in [0.717, 1.165) is 23.4 Å². The van der Waals surface area contributed by atoms with E-state index in [-0.39, 0.29) is 5.54 Å². The number of hydrogen-bond acceptors (Lipinski definition) is 3. The first-order valence-electron chi connectivity index (χ1n) is 6.59. The highest BCUT2D eigenvalue weighted by Gasteiger charge is 2.27. The summed E-state index contributed by atoms with van der Waals surface area (Å²) >= 11 is 3.60. The number of nitrogens with one attached hydrogen (secondary N) is 1. The molecule has 1 fully saturated rings. The van der Waals surface area contributed by atoms with Crippen molar-refractivity contribution in [2.45, 2.75) is 45.2 Å². The maximum atomic E-state index is 4.51. The third kappa shape index (κ3) is 3.45. The van der Waals surface area contributed by atoms with Gasteiger partial charge >= 0.3 is 0 Å². The molecule has 100 valence electrons. The number of pyridine rings is 1. The molecule has 0 bridgehead atoms. The van der Waals surface area contributed by atoms with Gasteiger partial charge in [-0.2, -0.15) is 0 Å². The minimum absolute atomic E-state index is 0.176. The molecule has 2 heterocycles. The van der Waals surface area contributed by atoms with Gasteiger partial charge in [-0.05, 0) is 61.7 Å². The van der Waals surface area contributed by atoms with Crippen molar-refractivity contribution in [3.63, 3.8) is 0 Å². The summed E-state index contributed by atoms with van der Waals surface area (Å²) in [6.07, 6.45) is 4.36. The standard InChI is InChI=1S/C14H22BrN3/c1-14(2,3)17-10-11-6-5-9-18(11)13-12(15)7-4-8-16-13/h4,7-8,11,17H,5-6,9-10H2,1-3H3. The van der Waals surface area contributed by atoms with E-state index < -0.39 is 0 Å². The molecule has 1 aliphatic heterocycles. The molecule has 0 aromatic carbocycles. The lowest BCUT2D eigenvalue weighted by molar-refractivity contribution is 0.404. The molecule has 1 aliphatic rings. The zero-order valence-corrected chi connectivity index (χ0v) is 13.0. The fourth-order valence-electron chi connectivity index (χ4n) is 2.34. The molecule has 18 heavy (non-hydrogen) atoms. The van der Waals surface area contributed by atoms with Crippen LogP contribution in [0.2, 0.25) is 0 Å². The van der Waals surface area contributed by atoms with Crippen molar-refractivity contribution in [3.05, 3.63) is 22.8 Å². The van der Waals surface area contributed by atoms with Gasteiger partial charge in [0.25, 0.3) is 0 Å². The normalized spacial score (nSPS) is 20.4. The molecule has 2 rings (SSSR count). The Hall–Kier alpha value is -0.610. The zero-order valence-electron chi connectivity index (χ0n) is 11.4. The number of nitrogens with zero attached hydrogens (tertiary/aromatic N) is 2. The van der Waals surface area contributed by atoms with E-state index in [1.54, 1.807) is 0 Å². The second kappa shape index (κ2) is 5.57. The highest BCUT2D eigenvalue weighted by molar-refractivity contribution is 9.10. The zero-order chi connectivity index (χ0) is 13.2. The Balaban J connectivity index is 2.06. The number of anilines is 1. The summed E-state index contributed by atoms with van der Waals surface area (Å²) in [5, 5.41) is 3.60. The second-order valence-electron chi connectivity index (χ2n) is 5.93. The first kappa shape index (κ1) is 13.8. The van der Waals surface area contributed by atoms with Gasteiger partial charge in [-0.25, -0.2) is 4.98 Å². The van der Waals surface area contributed by atoms with E-state index >= 15 is 0 Å². The SMILES string of the molecule is CC(C)(C)NCC1CCCN1c1ncccc1Br. The number of aromatic nitrogens is 1. The Bertz CT molecular complexity index is 400. The minimum atomic E-state index is 0.176. The molecule has 1 aromatic rings. The average Bonchev–Trinajstić information content (AvgIpc) is 2.74. The molecular weight excluding hydrogens is 290 g/mol. The third-order valence-corrected chi connectivity index (χ3v) is 3.88. The molecule has 4 heteroatoms. The molecule has 0 aliphatic carbocycles. The predicted octanol–water partition coefficient (Wildman–Crippen LogP) is 3.20. The summed E-state index contributed by atoms with van der Waals surface area (Å²) in [5.41, 5.74) is 0.176. The second-order valence-corrected chi connectivity index (χ2v) is 6.78. The highest BCUT2D eigenvalue weighted by atomic mass is 79.9. The number of hydrogen-bond donors (Lipinski definition) is 1. The van der Waals surface area contributed by atoms with E-state index in [1.165, 1.54) is 12.8 Å². The molecule has 3 nitrogen and oxygen atoms in total. The van der Waals surface area contributed by atoms with Crippen molar-refractivity contribution in [2.75, 3.05) is 18.0 Å². The summed E-state index contributed by atoms with van der Waals surface area (Å²) in [6.45, 7) is 8.76. The Morgan fingerprint density at radius 2 is 2.28 bits per heavy atom. The van der Waals surface area contributed by atoms with Gasteiger partial charge < -0.3 is 10.2 Å². The lowest BCUT2D eigenvalue weighted by atomic mass is 10.1. The van der Waals surface area contributed by atoms with Gasteiger partial charge in [0.15, 0.2) is 0 Å². The Morgan fingerprint density at radius 3 is 2.94 bits per heavy atom. The van der Waals surface area contributed by atoms with Crippen LogP contribution in [0.1, 0.15) is 33.6 Å². The maximum absolute atomic E-state index is 4.51. The smallest absolute Gasteiger partial charge is 0.143 e. The van der Waals surface area contributed by atoms with E-state index in [4.69, 9.17) is 0 Å². The van der Waals surface area contributed by atoms with E-state index in [2.05, 4.69) is 58.0 Å². The third-order valence-electron chi connectivity index (χ3n) is 3.26. The first-order chi connectivity index (χ1) is 8.47. The molecular formula is C14H22BrN3. The molecule has 1 atom stereocenters. The molecule has 1 N–H and O–H groups in total. The molecule has 1 aromatic heterocycles. The van der Waals surface area contributed by atoms with Crippen LogP contribution in [0.5, 0.6) is 0 Å². The van der Waals surface area contributed by atoms with Gasteiger partial charge in [0.2, 0.25) is 0 Å². The maximum Gasteiger partial charge on any atom is 0.143 e. The summed E-state index contributed by atoms with van der Waals surface area (Å²) in [5.74, 6) is 1.08. The summed E-state index contributed by atoms with van der Waals surface area (Å²) in [6, 6.07) is 4.58. The van der Waals surface area contributed by atoms with Gasteiger partial charge in [0, 0.05) is 30.9 Å². The predicted molar refractivity (Wildman–Crippen MR) is 80.1 cm³/mol. The quantitative estimate of drug-likeness (QED) is 0.929. The monoisotopic (exact) mass is 311 g/mol. The van der Waals surface area contributed by atoms with Crippen LogP contribution in [0.15, 0.2) is 22.8 Å². The fourth-order valence-corrected chi connectivity index (χ4v) is 2.82. The van der Waals surface area contributed by atoms with Crippen LogP contribution in [0.4, 0.5) is 5.82 Å². The van der Waals surface area contributed by atoms with Crippen molar-refractivity contribution in [1.82, 2.24) is 10.3 Å². The summed E-state index contributed by atoms with van der Waals surface area (Å²) in [7, 11) is 0. The van der Waals surface area contributed by atoms with Crippen LogP contribution in [0.3, 0.4) is 0 Å². The lowest BCUT2D eigenvalue weighted by Crippen LogP contribution is -2.45. The molecule has 0 saturated carbocycles. The van der Waals surface area contributed by atoms with Gasteiger partial charge in [0.05, 0.1) is 4.47 Å². The van der Waals surface area contributed by atoms with Crippen LogP contribution >= 0.6 is 15.9 Å². The molecule has 0 amide bonds. The highest BCUT2D eigenvalue weighted by Crippen LogP contribution is 2.29. The minimum Gasteiger partial charge on any atom is -0.351 e. The van der Waals surface area contributed by atoms with Gasteiger partial charge in [-0.15, -0.1) is 0 Å². The molecule has 0 spiro atoms. The van der Waals surface area contributed by atoms with Crippen LogP contribution in [-0.4, -0.2) is 29.7 Å². The van der Waals surface area contributed by atoms with Crippen molar-refractivity contribution in [1.29, 1.82) is 0 Å². The van der Waals surface area contributed by atoms with Crippen molar-refractivity contribution >= 4 is 21.7 Å². The van der Waals surface area contributed by atoms with Crippen LogP contribution < -0.4 is 10.2 Å². The van der Waals surface area contributed by atoms with Crippen molar-refractivity contribution < 1.29 is 0 Å². The van der Waals surface area contributed by atoms with E-state index in [0.29, 0.717) is 6.04 Å². The first-order valence-corrected chi connectivity index (χ1v) is 7.39. The Labute approximate surface area is 118 Å². The van der Waals surface area contributed by atoms with Crippen LogP contribution in [0.25, 0.3) is 0 Å². The van der Waals surface area contributed by atoms with Crippen LogP contribution in [-0.2, 0) is 0 Å². The summed E-state index contributed by atoms with van der Waals surface area (Å²) in [4.78, 5) is 6.93. The topological polar surface area (TPSA) is 28.2 Å².